The lowest BCUT2D eigenvalue weighted by atomic mass is 10.0. The van der Waals surface area contributed by atoms with Crippen molar-refractivity contribution in [3.63, 3.8) is 0 Å². The lowest BCUT2D eigenvalue weighted by Gasteiger charge is -2.13. The molecular weight excluding hydrogens is 298 g/mol. The molecule has 0 fully saturated rings. The number of carbonyl (C=O) groups is 1. The molecule has 0 saturated carbocycles. The number of hydrogen-bond acceptors (Lipinski definition) is 2. The Morgan fingerprint density at radius 3 is 2.54 bits per heavy atom. The van der Waals surface area contributed by atoms with E-state index in [1.165, 1.54) is 5.56 Å². The maximum Gasteiger partial charge on any atom is 0.251 e. The monoisotopic (exact) mass is 319 g/mol. The highest BCUT2D eigenvalue weighted by Gasteiger charge is 2.09. The number of nitrogens with zero attached hydrogens (tertiary/aromatic N) is 2. The molecule has 0 unspecified atom stereocenters. The first-order valence-electron chi connectivity index (χ1n) is 8.10. The van der Waals surface area contributed by atoms with Gasteiger partial charge in [0.15, 0.2) is 0 Å². The Labute approximate surface area is 142 Å². The van der Waals surface area contributed by atoms with Gasteiger partial charge in [-0.05, 0) is 29.2 Å². The number of hydrogen-bond donors (Lipinski definition) is 1. The highest BCUT2D eigenvalue weighted by atomic mass is 16.1. The van der Waals surface area contributed by atoms with E-state index >= 15 is 0 Å². The summed E-state index contributed by atoms with van der Waals surface area (Å²) < 4.78 is 2.00. The number of aromatic nitrogens is 2. The molecule has 0 aliphatic carbocycles. The van der Waals surface area contributed by atoms with Gasteiger partial charge < -0.3 is 9.88 Å². The quantitative estimate of drug-likeness (QED) is 0.756. The lowest BCUT2D eigenvalue weighted by molar-refractivity contribution is 0.0951. The van der Waals surface area contributed by atoms with Crippen LogP contribution in [0.15, 0.2) is 73.3 Å². The van der Waals surface area contributed by atoms with Crippen molar-refractivity contribution in [2.75, 3.05) is 6.54 Å². The molecule has 1 N–H and O–H groups in total. The first-order chi connectivity index (χ1) is 11.7. The first kappa shape index (κ1) is 16.0. The van der Waals surface area contributed by atoms with Crippen molar-refractivity contribution < 1.29 is 4.79 Å². The molecule has 122 valence electrons. The zero-order valence-corrected chi connectivity index (χ0v) is 13.7. The molecule has 0 aliphatic heterocycles. The standard InChI is InChI=1S/C20H21N3O/c1-16(18-5-3-2-4-6-18)13-22-20(24)19-9-7-17(8-10-19)14-23-12-11-21-15-23/h2-12,15-16H,13-14H2,1H3,(H,22,24)/t16-/m0/s1. The van der Waals surface area contributed by atoms with Gasteiger partial charge in [0.2, 0.25) is 0 Å². The van der Waals surface area contributed by atoms with Gasteiger partial charge in [0.25, 0.3) is 5.91 Å². The largest absolute Gasteiger partial charge is 0.351 e. The van der Waals surface area contributed by atoms with Gasteiger partial charge in [-0.1, -0.05) is 49.4 Å². The van der Waals surface area contributed by atoms with Gasteiger partial charge in [-0.3, -0.25) is 4.79 Å². The summed E-state index contributed by atoms with van der Waals surface area (Å²) in [6.45, 7) is 3.50. The Hall–Kier alpha value is -2.88. The Balaban J connectivity index is 1.55. The Morgan fingerprint density at radius 1 is 1.12 bits per heavy atom. The molecule has 3 aromatic rings. The average Bonchev–Trinajstić information content (AvgIpc) is 3.14. The summed E-state index contributed by atoms with van der Waals surface area (Å²) in [7, 11) is 0. The van der Waals surface area contributed by atoms with Gasteiger partial charge in [0.1, 0.15) is 0 Å². The van der Waals surface area contributed by atoms with Crippen LogP contribution >= 0.6 is 0 Å². The summed E-state index contributed by atoms with van der Waals surface area (Å²) in [5.74, 6) is 0.252. The minimum absolute atomic E-state index is 0.0352. The van der Waals surface area contributed by atoms with Crippen molar-refractivity contribution in [2.24, 2.45) is 0 Å². The van der Waals surface area contributed by atoms with Crippen LogP contribution in [0.2, 0.25) is 0 Å². The topological polar surface area (TPSA) is 46.9 Å². The number of imidazole rings is 1. The van der Waals surface area contributed by atoms with Crippen molar-refractivity contribution in [3.05, 3.63) is 90.0 Å². The predicted molar refractivity (Wildman–Crippen MR) is 95.0 cm³/mol. The molecule has 0 aliphatic rings. The van der Waals surface area contributed by atoms with E-state index in [0.29, 0.717) is 12.1 Å². The average molecular weight is 319 g/mol. The van der Waals surface area contributed by atoms with Crippen molar-refractivity contribution >= 4 is 5.91 Å². The van der Waals surface area contributed by atoms with Crippen molar-refractivity contribution in [1.29, 1.82) is 0 Å². The molecule has 2 aromatic carbocycles. The van der Waals surface area contributed by atoms with Crippen LogP contribution in [-0.2, 0) is 6.54 Å². The van der Waals surface area contributed by atoms with Crippen molar-refractivity contribution in [1.82, 2.24) is 14.9 Å². The molecule has 0 bridgehead atoms. The molecule has 0 saturated heterocycles. The van der Waals surface area contributed by atoms with Crippen molar-refractivity contribution in [3.8, 4) is 0 Å². The van der Waals surface area contributed by atoms with Crippen LogP contribution in [0.3, 0.4) is 0 Å². The van der Waals surface area contributed by atoms with Gasteiger partial charge in [0, 0.05) is 31.0 Å². The van der Waals surface area contributed by atoms with E-state index in [-0.39, 0.29) is 11.8 Å². The molecule has 4 heteroatoms. The fourth-order valence-corrected chi connectivity index (χ4v) is 2.60. The van der Waals surface area contributed by atoms with Crippen LogP contribution in [0.4, 0.5) is 0 Å². The van der Waals surface area contributed by atoms with E-state index < -0.39 is 0 Å². The fraction of sp³-hybridized carbons (Fsp3) is 0.200. The first-order valence-corrected chi connectivity index (χ1v) is 8.10. The van der Waals surface area contributed by atoms with Crippen LogP contribution in [0.1, 0.15) is 34.3 Å². The Kier molecular flexibility index (Phi) is 5.06. The maximum absolute atomic E-state index is 12.3. The molecule has 1 atom stereocenters. The van der Waals surface area contributed by atoms with Crippen LogP contribution in [0.25, 0.3) is 0 Å². The minimum atomic E-state index is -0.0352. The number of carbonyl (C=O) groups excluding carboxylic acids is 1. The van der Waals surface area contributed by atoms with Crippen LogP contribution < -0.4 is 5.32 Å². The smallest absolute Gasteiger partial charge is 0.251 e. The van der Waals surface area contributed by atoms with E-state index in [2.05, 4.69) is 29.4 Å². The van der Waals surface area contributed by atoms with E-state index in [1.807, 2.05) is 53.2 Å². The van der Waals surface area contributed by atoms with Gasteiger partial charge in [-0.2, -0.15) is 0 Å². The number of benzene rings is 2. The molecule has 0 radical (unpaired) electrons. The zero-order chi connectivity index (χ0) is 16.8. The summed E-state index contributed by atoms with van der Waals surface area (Å²) >= 11 is 0. The molecular formula is C20H21N3O. The van der Waals surface area contributed by atoms with Crippen LogP contribution in [0, 0.1) is 0 Å². The minimum Gasteiger partial charge on any atom is -0.351 e. The molecule has 1 amide bonds. The maximum atomic E-state index is 12.3. The second-order valence-electron chi connectivity index (χ2n) is 5.95. The van der Waals surface area contributed by atoms with Crippen LogP contribution in [-0.4, -0.2) is 22.0 Å². The van der Waals surface area contributed by atoms with E-state index in [1.54, 1.807) is 12.5 Å². The molecule has 3 rings (SSSR count). The molecule has 4 nitrogen and oxygen atoms in total. The number of amides is 1. The second-order valence-corrected chi connectivity index (χ2v) is 5.95. The van der Waals surface area contributed by atoms with E-state index in [4.69, 9.17) is 0 Å². The Morgan fingerprint density at radius 2 is 1.88 bits per heavy atom. The zero-order valence-electron chi connectivity index (χ0n) is 13.7. The summed E-state index contributed by atoms with van der Waals surface area (Å²) in [4.78, 5) is 16.3. The van der Waals surface area contributed by atoms with Gasteiger partial charge in [-0.15, -0.1) is 0 Å². The number of rotatable bonds is 6. The third kappa shape index (κ3) is 4.10. The van der Waals surface area contributed by atoms with E-state index in [0.717, 1.165) is 12.1 Å². The highest BCUT2D eigenvalue weighted by Crippen LogP contribution is 2.13. The lowest BCUT2D eigenvalue weighted by Crippen LogP contribution is -2.27. The number of nitrogens with one attached hydrogen (secondary N) is 1. The van der Waals surface area contributed by atoms with Crippen molar-refractivity contribution in [2.45, 2.75) is 19.4 Å². The van der Waals surface area contributed by atoms with Crippen LogP contribution in [0.5, 0.6) is 0 Å². The Bertz CT molecular complexity index is 764. The summed E-state index contributed by atoms with van der Waals surface area (Å²) in [6, 6.07) is 17.9. The second kappa shape index (κ2) is 7.59. The summed E-state index contributed by atoms with van der Waals surface area (Å²) in [5.41, 5.74) is 3.06. The summed E-state index contributed by atoms with van der Waals surface area (Å²) in [5, 5.41) is 3.01. The van der Waals surface area contributed by atoms with Gasteiger partial charge in [-0.25, -0.2) is 4.98 Å². The SMILES string of the molecule is C[C@@H](CNC(=O)c1ccc(Cn2ccnc2)cc1)c1ccccc1. The van der Waals surface area contributed by atoms with Gasteiger partial charge in [0.05, 0.1) is 6.33 Å². The third-order valence-corrected chi connectivity index (χ3v) is 4.08. The molecule has 1 heterocycles. The molecule has 24 heavy (non-hydrogen) atoms. The molecule has 1 aromatic heterocycles. The predicted octanol–water partition coefficient (Wildman–Crippen LogP) is 3.46. The fourth-order valence-electron chi connectivity index (χ4n) is 2.60. The van der Waals surface area contributed by atoms with E-state index in [9.17, 15) is 4.79 Å². The third-order valence-electron chi connectivity index (χ3n) is 4.08. The van der Waals surface area contributed by atoms with Gasteiger partial charge >= 0.3 is 0 Å². The normalized spacial score (nSPS) is 11.9. The molecule has 0 spiro atoms. The summed E-state index contributed by atoms with van der Waals surface area (Å²) in [6.07, 6.45) is 5.47. The highest BCUT2D eigenvalue weighted by molar-refractivity contribution is 5.94.